The van der Waals surface area contributed by atoms with Gasteiger partial charge in [-0.2, -0.15) is 0 Å². The molecule has 5 nitrogen and oxygen atoms in total. The summed E-state index contributed by atoms with van der Waals surface area (Å²) in [5.74, 6) is 2.23. The number of benzene rings is 2. The van der Waals surface area contributed by atoms with Crippen LogP contribution in [0.4, 0.5) is 0 Å². The summed E-state index contributed by atoms with van der Waals surface area (Å²) < 4.78 is 11.4. The molecule has 1 fully saturated rings. The Morgan fingerprint density at radius 1 is 0.885 bits per heavy atom. The Bertz CT molecular complexity index is 693. The van der Waals surface area contributed by atoms with E-state index in [1.165, 1.54) is 0 Å². The monoisotopic (exact) mass is 354 g/mol. The summed E-state index contributed by atoms with van der Waals surface area (Å²) in [4.78, 5) is 16.6. The zero-order valence-corrected chi connectivity index (χ0v) is 15.4. The van der Waals surface area contributed by atoms with E-state index < -0.39 is 0 Å². The zero-order valence-electron chi connectivity index (χ0n) is 15.4. The van der Waals surface area contributed by atoms with E-state index in [2.05, 4.69) is 18.7 Å². The maximum atomic E-state index is 12.3. The Kier molecular flexibility index (Phi) is 6.12. The molecular formula is C21H26N2O3. The highest BCUT2D eigenvalue weighted by molar-refractivity contribution is 5.77. The molecule has 1 heterocycles. The lowest BCUT2D eigenvalue weighted by molar-refractivity contribution is -0.135. The van der Waals surface area contributed by atoms with Gasteiger partial charge in [0.15, 0.2) is 6.61 Å². The van der Waals surface area contributed by atoms with Gasteiger partial charge in [-0.1, -0.05) is 18.2 Å². The van der Waals surface area contributed by atoms with E-state index in [-0.39, 0.29) is 12.5 Å². The smallest absolute Gasteiger partial charge is 0.260 e. The van der Waals surface area contributed by atoms with Crippen molar-refractivity contribution >= 4 is 5.91 Å². The first-order valence-electron chi connectivity index (χ1n) is 9.09. The maximum absolute atomic E-state index is 12.3. The summed E-state index contributed by atoms with van der Waals surface area (Å²) in [5, 5.41) is 0. The molecule has 0 aliphatic carbocycles. The molecular weight excluding hydrogens is 328 g/mol. The van der Waals surface area contributed by atoms with Crippen LogP contribution < -0.4 is 9.47 Å². The SMILES string of the molecule is CC(C)N1CCN(C(=O)COc2ccc(Oc3ccccc3)cc2)CC1. The third-order valence-corrected chi connectivity index (χ3v) is 4.56. The Hall–Kier alpha value is -2.53. The summed E-state index contributed by atoms with van der Waals surface area (Å²) in [6.45, 7) is 7.83. The van der Waals surface area contributed by atoms with Gasteiger partial charge in [0.25, 0.3) is 5.91 Å². The normalized spacial score (nSPS) is 15.1. The first-order chi connectivity index (χ1) is 12.6. The number of piperazine rings is 1. The zero-order chi connectivity index (χ0) is 18.4. The number of amides is 1. The van der Waals surface area contributed by atoms with Gasteiger partial charge in [-0.05, 0) is 50.2 Å². The highest BCUT2D eigenvalue weighted by Crippen LogP contribution is 2.23. The van der Waals surface area contributed by atoms with E-state index in [4.69, 9.17) is 9.47 Å². The van der Waals surface area contributed by atoms with Crippen molar-refractivity contribution in [1.82, 2.24) is 9.80 Å². The third-order valence-electron chi connectivity index (χ3n) is 4.56. The number of hydrogen-bond acceptors (Lipinski definition) is 4. The van der Waals surface area contributed by atoms with E-state index >= 15 is 0 Å². The van der Waals surface area contributed by atoms with Crippen LogP contribution in [0, 0.1) is 0 Å². The van der Waals surface area contributed by atoms with E-state index in [9.17, 15) is 4.79 Å². The summed E-state index contributed by atoms with van der Waals surface area (Å²) in [6.07, 6.45) is 0. The topological polar surface area (TPSA) is 42.0 Å². The molecule has 1 aliphatic heterocycles. The molecule has 0 unspecified atom stereocenters. The Balaban J connectivity index is 1.45. The third kappa shape index (κ3) is 4.99. The van der Waals surface area contributed by atoms with Crippen molar-refractivity contribution in [3.05, 3.63) is 54.6 Å². The average molecular weight is 354 g/mol. The van der Waals surface area contributed by atoms with E-state index in [1.54, 1.807) is 0 Å². The molecule has 0 bridgehead atoms. The Morgan fingerprint density at radius 3 is 2.08 bits per heavy atom. The van der Waals surface area contributed by atoms with Crippen LogP contribution in [0.2, 0.25) is 0 Å². The fourth-order valence-electron chi connectivity index (χ4n) is 2.95. The predicted octanol–water partition coefficient (Wildman–Crippen LogP) is 3.41. The van der Waals surface area contributed by atoms with Crippen molar-refractivity contribution in [2.45, 2.75) is 19.9 Å². The van der Waals surface area contributed by atoms with Gasteiger partial charge in [0.1, 0.15) is 17.2 Å². The molecule has 5 heteroatoms. The highest BCUT2D eigenvalue weighted by Gasteiger charge is 2.22. The molecule has 2 aromatic rings. The van der Waals surface area contributed by atoms with Gasteiger partial charge < -0.3 is 14.4 Å². The minimum atomic E-state index is 0.0398. The molecule has 0 saturated carbocycles. The minimum absolute atomic E-state index is 0.0398. The number of ether oxygens (including phenoxy) is 2. The number of carbonyl (C=O) groups is 1. The van der Waals surface area contributed by atoms with E-state index in [0.29, 0.717) is 11.8 Å². The fourth-order valence-corrected chi connectivity index (χ4v) is 2.95. The van der Waals surface area contributed by atoms with E-state index in [0.717, 1.165) is 37.7 Å². The van der Waals surface area contributed by atoms with Crippen molar-refractivity contribution < 1.29 is 14.3 Å². The largest absolute Gasteiger partial charge is 0.484 e. The average Bonchev–Trinajstić information content (AvgIpc) is 2.68. The van der Waals surface area contributed by atoms with E-state index in [1.807, 2.05) is 59.5 Å². The van der Waals surface area contributed by atoms with Crippen LogP contribution in [-0.4, -0.2) is 54.5 Å². The molecule has 138 valence electrons. The van der Waals surface area contributed by atoms with Gasteiger partial charge in [-0.15, -0.1) is 0 Å². The molecule has 3 rings (SSSR count). The molecule has 1 aliphatic rings. The van der Waals surface area contributed by atoms with Crippen molar-refractivity contribution in [2.75, 3.05) is 32.8 Å². The van der Waals surface area contributed by atoms with Gasteiger partial charge in [-0.3, -0.25) is 9.69 Å². The fraction of sp³-hybridized carbons (Fsp3) is 0.381. The van der Waals surface area contributed by atoms with Crippen LogP contribution >= 0.6 is 0 Å². The van der Waals surface area contributed by atoms with Crippen molar-refractivity contribution in [1.29, 1.82) is 0 Å². The summed E-state index contributed by atoms with van der Waals surface area (Å²) in [6, 6.07) is 17.5. The van der Waals surface area contributed by atoms with Crippen LogP contribution in [0.3, 0.4) is 0 Å². The molecule has 0 radical (unpaired) electrons. The highest BCUT2D eigenvalue weighted by atomic mass is 16.5. The molecule has 0 aromatic heterocycles. The van der Waals surface area contributed by atoms with Gasteiger partial charge in [0, 0.05) is 32.2 Å². The van der Waals surface area contributed by atoms with Crippen molar-refractivity contribution in [3.8, 4) is 17.2 Å². The molecule has 1 amide bonds. The van der Waals surface area contributed by atoms with Gasteiger partial charge >= 0.3 is 0 Å². The molecule has 1 saturated heterocycles. The van der Waals surface area contributed by atoms with Crippen LogP contribution in [-0.2, 0) is 4.79 Å². The molecule has 2 aromatic carbocycles. The Labute approximate surface area is 155 Å². The number of hydrogen-bond donors (Lipinski definition) is 0. The molecule has 0 N–H and O–H groups in total. The van der Waals surface area contributed by atoms with Crippen LogP contribution in [0.15, 0.2) is 54.6 Å². The quantitative estimate of drug-likeness (QED) is 0.797. The van der Waals surface area contributed by atoms with Crippen LogP contribution in [0.5, 0.6) is 17.2 Å². The standard InChI is InChI=1S/C21H26N2O3/c1-17(2)22-12-14-23(15-13-22)21(24)16-25-18-8-10-20(11-9-18)26-19-6-4-3-5-7-19/h3-11,17H,12-16H2,1-2H3. The summed E-state index contributed by atoms with van der Waals surface area (Å²) in [5.41, 5.74) is 0. The second kappa shape index (κ2) is 8.72. The predicted molar refractivity (Wildman–Crippen MR) is 102 cm³/mol. The molecule has 0 spiro atoms. The van der Waals surface area contributed by atoms with Gasteiger partial charge in [0.2, 0.25) is 0 Å². The lowest BCUT2D eigenvalue weighted by Crippen LogP contribution is -2.51. The first-order valence-corrected chi connectivity index (χ1v) is 9.09. The van der Waals surface area contributed by atoms with Gasteiger partial charge in [0.05, 0.1) is 0 Å². The van der Waals surface area contributed by atoms with Gasteiger partial charge in [-0.25, -0.2) is 0 Å². The van der Waals surface area contributed by atoms with Crippen molar-refractivity contribution in [3.63, 3.8) is 0 Å². The number of para-hydroxylation sites is 1. The number of carbonyl (C=O) groups excluding carboxylic acids is 1. The second-order valence-electron chi connectivity index (χ2n) is 6.69. The van der Waals surface area contributed by atoms with Crippen LogP contribution in [0.1, 0.15) is 13.8 Å². The maximum Gasteiger partial charge on any atom is 0.260 e. The molecule has 0 atom stereocenters. The first kappa shape index (κ1) is 18.3. The molecule has 26 heavy (non-hydrogen) atoms. The lowest BCUT2D eigenvalue weighted by atomic mass is 10.2. The number of rotatable bonds is 6. The Morgan fingerprint density at radius 2 is 1.46 bits per heavy atom. The minimum Gasteiger partial charge on any atom is -0.484 e. The van der Waals surface area contributed by atoms with Crippen LogP contribution in [0.25, 0.3) is 0 Å². The van der Waals surface area contributed by atoms with Crippen molar-refractivity contribution in [2.24, 2.45) is 0 Å². The number of nitrogens with zero attached hydrogens (tertiary/aromatic N) is 2. The second-order valence-corrected chi connectivity index (χ2v) is 6.69. The summed E-state index contributed by atoms with van der Waals surface area (Å²) >= 11 is 0. The summed E-state index contributed by atoms with van der Waals surface area (Å²) in [7, 11) is 0. The lowest BCUT2D eigenvalue weighted by Gasteiger charge is -2.36.